The van der Waals surface area contributed by atoms with Crippen molar-refractivity contribution in [2.75, 3.05) is 11.9 Å². The molecule has 3 aromatic carbocycles. The van der Waals surface area contributed by atoms with E-state index in [1.54, 1.807) is 12.1 Å². The van der Waals surface area contributed by atoms with Crippen molar-refractivity contribution in [2.45, 2.75) is 0 Å². The SMILES string of the molecule is O=C(COc1ccc(-c2ccccc2)cc1)Nc1ccccc1Cl. The molecule has 1 N–H and O–H groups in total. The summed E-state index contributed by atoms with van der Waals surface area (Å²) in [4.78, 5) is 11.9. The molecule has 24 heavy (non-hydrogen) atoms. The Labute approximate surface area is 145 Å². The maximum atomic E-state index is 11.9. The van der Waals surface area contributed by atoms with E-state index >= 15 is 0 Å². The van der Waals surface area contributed by atoms with Gasteiger partial charge in [0.2, 0.25) is 0 Å². The van der Waals surface area contributed by atoms with Crippen LogP contribution >= 0.6 is 11.6 Å². The highest BCUT2D eigenvalue weighted by Crippen LogP contribution is 2.22. The van der Waals surface area contributed by atoms with Gasteiger partial charge in [0.15, 0.2) is 6.61 Å². The lowest BCUT2D eigenvalue weighted by atomic mass is 10.1. The number of carbonyl (C=O) groups excluding carboxylic acids is 1. The van der Waals surface area contributed by atoms with Gasteiger partial charge in [-0.05, 0) is 35.4 Å². The van der Waals surface area contributed by atoms with E-state index in [0.29, 0.717) is 16.5 Å². The van der Waals surface area contributed by atoms with Crippen LogP contribution in [0.4, 0.5) is 5.69 Å². The van der Waals surface area contributed by atoms with Gasteiger partial charge in [0.1, 0.15) is 5.75 Å². The lowest BCUT2D eigenvalue weighted by Gasteiger charge is -2.09. The molecule has 0 saturated heterocycles. The van der Waals surface area contributed by atoms with Gasteiger partial charge in [-0.1, -0.05) is 66.2 Å². The average molecular weight is 338 g/mol. The monoisotopic (exact) mass is 337 g/mol. The Morgan fingerprint density at radius 2 is 1.46 bits per heavy atom. The van der Waals surface area contributed by atoms with Gasteiger partial charge in [-0.15, -0.1) is 0 Å². The first-order chi connectivity index (χ1) is 11.7. The lowest BCUT2D eigenvalue weighted by Crippen LogP contribution is -2.20. The minimum Gasteiger partial charge on any atom is -0.484 e. The number of hydrogen-bond acceptors (Lipinski definition) is 2. The Bertz CT molecular complexity index is 817. The van der Waals surface area contributed by atoms with Gasteiger partial charge in [0.05, 0.1) is 10.7 Å². The van der Waals surface area contributed by atoms with Crippen molar-refractivity contribution in [1.29, 1.82) is 0 Å². The number of ether oxygens (including phenoxy) is 1. The highest BCUT2D eigenvalue weighted by molar-refractivity contribution is 6.33. The quantitative estimate of drug-likeness (QED) is 0.709. The van der Waals surface area contributed by atoms with E-state index in [0.717, 1.165) is 11.1 Å². The third-order valence-corrected chi connectivity index (χ3v) is 3.81. The van der Waals surface area contributed by atoms with Crippen LogP contribution in [0, 0.1) is 0 Å². The predicted molar refractivity (Wildman–Crippen MR) is 97.5 cm³/mol. The molecular formula is C20H16ClNO2. The van der Waals surface area contributed by atoms with Crippen LogP contribution < -0.4 is 10.1 Å². The van der Waals surface area contributed by atoms with Crippen LogP contribution in [0.2, 0.25) is 5.02 Å². The maximum absolute atomic E-state index is 11.9. The van der Waals surface area contributed by atoms with Crippen LogP contribution in [0.1, 0.15) is 0 Å². The normalized spacial score (nSPS) is 10.2. The molecule has 0 spiro atoms. The summed E-state index contributed by atoms with van der Waals surface area (Å²) in [6.07, 6.45) is 0. The molecule has 0 atom stereocenters. The predicted octanol–water partition coefficient (Wildman–Crippen LogP) is 5.02. The third kappa shape index (κ3) is 4.15. The number of halogens is 1. The minimum absolute atomic E-state index is 0.0735. The molecule has 0 aliphatic heterocycles. The summed E-state index contributed by atoms with van der Waals surface area (Å²) in [6.45, 7) is -0.0735. The van der Waals surface area contributed by atoms with Crippen molar-refractivity contribution < 1.29 is 9.53 Å². The summed E-state index contributed by atoms with van der Waals surface area (Å²) < 4.78 is 5.52. The molecular weight excluding hydrogens is 322 g/mol. The van der Waals surface area contributed by atoms with E-state index in [4.69, 9.17) is 16.3 Å². The number of rotatable bonds is 5. The fourth-order valence-electron chi connectivity index (χ4n) is 2.27. The molecule has 120 valence electrons. The van der Waals surface area contributed by atoms with Gasteiger partial charge in [-0.3, -0.25) is 4.79 Å². The number of nitrogens with one attached hydrogen (secondary N) is 1. The fraction of sp³-hybridized carbons (Fsp3) is 0.0500. The van der Waals surface area contributed by atoms with Crippen LogP contribution in [-0.4, -0.2) is 12.5 Å². The van der Waals surface area contributed by atoms with E-state index in [1.807, 2.05) is 66.7 Å². The van der Waals surface area contributed by atoms with Gasteiger partial charge in [0, 0.05) is 0 Å². The lowest BCUT2D eigenvalue weighted by molar-refractivity contribution is -0.118. The maximum Gasteiger partial charge on any atom is 0.262 e. The molecule has 0 fully saturated rings. The summed E-state index contributed by atoms with van der Waals surface area (Å²) in [6, 6.07) is 24.8. The second-order valence-electron chi connectivity index (χ2n) is 5.21. The number of carbonyl (C=O) groups is 1. The first kappa shape index (κ1) is 16.1. The van der Waals surface area contributed by atoms with Crippen LogP contribution in [0.3, 0.4) is 0 Å². The molecule has 0 aliphatic carbocycles. The summed E-state index contributed by atoms with van der Waals surface area (Å²) >= 11 is 6.01. The van der Waals surface area contributed by atoms with E-state index in [1.165, 1.54) is 0 Å². The molecule has 0 radical (unpaired) electrons. The Morgan fingerprint density at radius 3 is 2.17 bits per heavy atom. The highest BCUT2D eigenvalue weighted by atomic mass is 35.5. The summed E-state index contributed by atoms with van der Waals surface area (Å²) in [5.41, 5.74) is 2.82. The Balaban J connectivity index is 1.57. The first-order valence-electron chi connectivity index (χ1n) is 7.55. The Hall–Kier alpha value is -2.78. The number of anilines is 1. The molecule has 0 saturated carbocycles. The van der Waals surface area contributed by atoms with Crippen molar-refractivity contribution >= 4 is 23.2 Å². The molecule has 0 bridgehead atoms. The number of para-hydroxylation sites is 1. The molecule has 1 amide bonds. The number of hydrogen-bond donors (Lipinski definition) is 1. The smallest absolute Gasteiger partial charge is 0.262 e. The molecule has 3 nitrogen and oxygen atoms in total. The topological polar surface area (TPSA) is 38.3 Å². The van der Waals surface area contributed by atoms with Crippen LogP contribution in [0.15, 0.2) is 78.9 Å². The number of amides is 1. The summed E-state index contributed by atoms with van der Waals surface area (Å²) in [5.74, 6) is 0.388. The van der Waals surface area contributed by atoms with E-state index in [2.05, 4.69) is 5.32 Å². The Morgan fingerprint density at radius 1 is 0.833 bits per heavy atom. The molecule has 3 rings (SSSR count). The van der Waals surface area contributed by atoms with Gasteiger partial charge in [0.25, 0.3) is 5.91 Å². The zero-order valence-corrected chi connectivity index (χ0v) is 13.7. The van der Waals surface area contributed by atoms with Crippen molar-refractivity contribution in [2.24, 2.45) is 0 Å². The van der Waals surface area contributed by atoms with E-state index in [9.17, 15) is 4.79 Å². The zero-order chi connectivity index (χ0) is 16.8. The second-order valence-corrected chi connectivity index (χ2v) is 5.61. The molecule has 4 heteroatoms. The van der Waals surface area contributed by atoms with Gasteiger partial charge < -0.3 is 10.1 Å². The summed E-state index contributed by atoms with van der Waals surface area (Å²) in [5, 5.41) is 3.22. The molecule has 0 aromatic heterocycles. The molecule has 0 heterocycles. The van der Waals surface area contributed by atoms with Crippen LogP contribution in [-0.2, 0) is 4.79 Å². The number of benzene rings is 3. The standard InChI is InChI=1S/C20H16ClNO2/c21-18-8-4-5-9-19(18)22-20(23)14-24-17-12-10-16(11-13-17)15-6-2-1-3-7-15/h1-13H,14H2,(H,22,23). The summed E-state index contributed by atoms with van der Waals surface area (Å²) in [7, 11) is 0. The second kappa shape index (κ2) is 7.66. The van der Waals surface area contributed by atoms with Gasteiger partial charge in [-0.2, -0.15) is 0 Å². The van der Waals surface area contributed by atoms with Crippen molar-refractivity contribution in [3.05, 3.63) is 83.9 Å². The minimum atomic E-state index is -0.254. The van der Waals surface area contributed by atoms with Crippen LogP contribution in [0.25, 0.3) is 11.1 Å². The largest absolute Gasteiger partial charge is 0.484 e. The van der Waals surface area contributed by atoms with Crippen molar-refractivity contribution in [3.63, 3.8) is 0 Å². The molecule has 0 aliphatic rings. The van der Waals surface area contributed by atoms with E-state index in [-0.39, 0.29) is 12.5 Å². The highest BCUT2D eigenvalue weighted by Gasteiger charge is 2.06. The molecule has 3 aromatic rings. The molecule has 0 unspecified atom stereocenters. The third-order valence-electron chi connectivity index (χ3n) is 3.48. The Kier molecular flexibility index (Phi) is 5.14. The van der Waals surface area contributed by atoms with Crippen LogP contribution in [0.5, 0.6) is 5.75 Å². The first-order valence-corrected chi connectivity index (χ1v) is 7.93. The van der Waals surface area contributed by atoms with Crippen molar-refractivity contribution in [1.82, 2.24) is 0 Å². The van der Waals surface area contributed by atoms with E-state index < -0.39 is 0 Å². The van der Waals surface area contributed by atoms with Gasteiger partial charge >= 0.3 is 0 Å². The van der Waals surface area contributed by atoms with Crippen molar-refractivity contribution in [3.8, 4) is 16.9 Å². The van der Waals surface area contributed by atoms with Gasteiger partial charge in [-0.25, -0.2) is 0 Å². The average Bonchev–Trinajstić information content (AvgIpc) is 2.63. The zero-order valence-electron chi connectivity index (χ0n) is 12.9. The fourth-order valence-corrected chi connectivity index (χ4v) is 2.45.